The van der Waals surface area contributed by atoms with Gasteiger partial charge in [-0.15, -0.1) is 12.4 Å². The highest BCUT2D eigenvalue weighted by atomic mass is 35.5. The van der Waals surface area contributed by atoms with Gasteiger partial charge in [0.2, 0.25) is 0 Å². The topological polar surface area (TPSA) is 62.6 Å². The quantitative estimate of drug-likeness (QED) is 0.683. The Bertz CT molecular complexity index is 1010. The third kappa shape index (κ3) is 4.86. The van der Waals surface area contributed by atoms with Crippen molar-refractivity contribution < 1.29 is 9.21 Å². The van der Waals surface area contributed by atoms with Crippen molar-refractivity contribution >= 4 is 29.3 Å². The molecule has 1 aliphatic heterocycles. The highest BCUT2D eigenvalue weighted by molar-refractivity contribution is 5.93. The second-order valence-electron chi connectivity index (χ2n) is 7.20. The summed E-state index contributed by atoms with van der Waals surface area (Å²) in [5.41, 5.74) is 1.41. The van der Waals surface area contributed by atoms with Gasteiger partial charge in [-0.3, -0.25) is 14.5 Å². The van der Waals surface area contributed by atoms with Gasteiger partial charge in [0.15, 0.2) is 11.2 Å². The van der Waals surface area contributed by atoms with Gasteiger partial charge in [-0.05, 0) is 43.6 Å². The minimum Gasteiger partial charge on any atom is -0.451 e. The zero-order valence-corrected chi connectivity index (χ0v) is 17.0. The van der Waals surface area contributed by atoms with E-state index >= 15 is 0 Å². The summed E-state index contributed by atoms with van der Waals surface area (Å²) in [6.45, 7) is 2.53. The van der Waals surface area contributed by atoms with Crippen molar-refractivity contribution in [1.29, 1.82) is 0 Å². The van der Waals surface area contributed by atoms with Crippen LogP contribution in [-0.2, 0) is 0 Å². The molecule has 0 aliphatic carbocycles. The van der Waals surface area contributed by atoms with Crippen molar-refractivity contribution in [2.45, 2.75) is 25.3 Å². The van der Waals surface area contributed by atoms with Crippen LogP contribution in [0.5, 0.6) is 0 Å². The number of para-hydroxylation sites is 1. The first-order chi connectivity index (χ1) is 13.7. The van der Waals surface area contributed by atoms with E-state index in [4.69, 9.17) is 4.42 Å². The summed E-state index contributed by atoms with van der Waals surface area (Å²) in [5, 5.41) is 3.45. The maximum Gasteiger partial charge on any atom is 0.287 e. The minimum atomic E-state index is -0.360. The first kappa shape index (κ1) is 21.1. The molecule has 0 spiro atoms. The summed E-state index contributed by atoms with van der Waals surface area (Å²) < 4.78 is 5.66. The molecule has 4 rings (SSSR count). The van der Waals surface area contributed by atoms with Gasteiger partial charge in [0.1, 0.15) is 5.58 Å². The van der Waals surface area contributed by atoms with Crippen molar-refractivity contribution in [2.24, 2.45) is 0 Å². The van der Waals surface area contributed by atoms with E-state index in [-0.39, 0.29) is 35.5 Å². The molecule has 0 bridgehead atoms. The van der Waals surface area contributed by atoms with E-state index in [1.54, 1.807) is 24.3 Å². The Morgan fingerprint density at radius 3 is 2.45 bits per heavy atom. The monoisotopic (exact) mass is 412 g/mol. The van der Waals surface area contributed by atoms with Crippen LogP contribution in [-0.4, -0.2) is 30.4 Å². The van der Waals surface area contributed by atoms with E-state index in [0.29, 0.717) is 17.5 Å². The molecule has 2 heterocycles. The van der Waals surface area contributed by atoms with E-state index in [2.05, 4.69) is 22.3 Å². The molecule has 0 radical (unpaired) electrons. The fourth-order valence-corrected chi connectivity index (χ4v) is 3.86. The molecule has 1 unspecified atom stereocenters. The van der Waals surface area contributed by atoms with Gasteiger partial charge in [0.05, 0.1) is 11.4 Å². The second-order valence-corrected chi connectivity index (χ2v) is 7.20. The van der Waals surface area contributed by atoms with Gasteiger partial charge in [-0.25, -0.2) is 0 Å². The zero-order chi connectivity index (χ0) is 19.3. The fourth-order valence-electron chi connectivity index (χ4n) is 3.86. The van der Waals surface area contributed by atoms with Crippen LogP contribution in [0.2, 0.25) is 0 Å². The molecular formula is C23H25ClN2O3. The minimum absolute atomic E-state index is 0. The first-order valence-corrected chi connectivity index (χ1v) is 9.82. The predicted octanol–water partition coefficient (Wildman–Crippen LogP) is 4.17. The lowest BCUT2D eigenvalue weighted by atomic mass is 10.0. The Labute approximate surface area is 176 Å². The molecule has 3 aromatic rings. The number of likely N-dealkylation sites (tertiary alicyclic amines) is 1. The Morgan fingerprint density at radius 1 is 1.00 bits per heavy atom. The Kier molecular flexibility index (Phi) is 7.07. The predicted molar refractivity (Wildman–Crippen MR) is 117 cm³/mol. The number of rotatable bonds is 5. The van der Waals surface area contributed by atoms with Crippen LogP contribution in [0.1, 0.15) is 41.4 Å². The van der Waals surface area contributed by atoms with Crippen LogP contribution < -0.4 is 10.7 Å². The van der Waals surface area contributed by atoms with E-state index in [1.165, 1.54) is 30.9 Å². The summed E-state index contributed by atoms with van der Waals surface area (Å²) in [5.74, 6) is -0.310. The van der Waals surface area contributed by atoms with Crippen molar-refractivity contribution in [3.63, 3.8) is 0 Å². The lowest BCUT2D eigenvalue weighted by Gasteiger charge is -2.35. The molecule has 2 aromatic carbocycles. The standard InChI is InChI=1S/C23H24N2O3.ClH/c26-20-15-22(28-21-12-6-5-11-18(20)21)23(27)24-16-19(17-9-3-1-4-10-17)25-13-7-2-8-14-25;/h1,3-6,9-12,15,19H,2,7-8,13-14,16H2,(H,24,27);1H. The summed E-state index contributed by atoms with van der Waals surface area (Å²) in [4.78, 5) is 27.4. The average Bonchev–Trinajstić information content (AvgIpc) is 2.75. The number of fused-ring (bicyclic) bond motifs is 1. The number of nitrogens with one attached hydrogen (secondary N) is 1. The first-order valence-electron chi connectivity index (χ1n) is 9.82. The molecule has 1 fully saturated rings. The third-order valence-electron chi connectivity index (χ3n) is 5.33. The van der Waals surface area contributed by atoms with Crippen LogP contribution in [0.3, 0.4) is 0 Å². The summed E-state index contributed by atoms with van der Waals surface area (Å²) in [6, 6.07) is 18.6. The SMILES string of the molecule is Cl.O=C(NCC(c1ccccc1)N1CCCCC1)c1cc(=O)c2ccccc2o1. The summed E-state index contributed by atoms with van der Waals surface area (Å²) in [7, 11) is 0. The largest absolute Gasteiger partial charge is 0.451 e. The van der Waals surface area contributed by atoms with E-state index < -0.39 is 0 Å². The van der Waals surface area contributed by atoms with Crippen LogP contribution in [0.25, 0.3) is 11.0 Å². The normalized spacial score (nSPS) is 15.4. The number of halogens is 1. The van der Waals surface area contributed by atoms with Crippen LogP contribution in [0.15, 0.2) is 69.9 Å². The molecule has 1 saturated heterocycles. The lowest BCUT2D eigenvalue weighted by molar-refractivity contribution is 0.0897. The number of nitrogens with zero attached hydrogens (tertiary/aromatic N) is 1. The van der Waals surface area contributed by atoms with E-state index in [1.807, 2.05) is 18.2 Å². The zero-order valence-electron chi connectivity index (χ0n) is 16.2. The Morgan fingerprint density at radius 2 is 1.69 bits per heavy atom. The summed E-state index contributed by atoms with van der Waals surface area (Å²) in [6.07, 6.45) is 3.61. The highest BCUT2D eigenvalue weighted by Gasteiger charge is 2.23. The Hall–Kier alpha value is -2.63. The lowest BCUT2D eigenvalue weighted by Crippen LogP contribution is -2.40. The van der Waals surface area contributed by atoms with Gasteiger partial charge in [-0.1, -0.05) is 48.9 Å². The highest BCUT2D eigenvalue weighted by Crippen LogP contribution is 2.24. The maximum atomic E-state index is 12.7. The van der Waals surface area contributed by atoms with Gasteiger partial charge >= 0.3 is 0 Å². The molecule has 1 aromatic heterocycles. The van der Waals surface area contributed by atoms with E-state index in [9.17, 15) is 9.59 Å². The molecule has 1 N–H and O–H groups in total. The smallest absolute Gasteiger partial charge is 0.287 e. The molecule has 152 valence electrons. The molecule has 29 heavy (non-hydrogen) atoms. The second kappa shape index (κ2) is 9.72. The number of carbonyl (C=O) groups is 1. The Balaban J connectivity index is 0.00000240. The van der Waals surface area contributed by atoms with Crippen LogP contribution in [0, 0.1) is 0 Å². The molecular weight excluding hydrogens is 388 g/mol. The number of amides is 1. The van der Waals surface area contributed by atoms with E-state index in [0.717, 1.165) is 13.1 Å². The third-order valence-corrected chi connectivity index (χ3v) is 5.33. The number of hydrogen-bond acceptors (Lipinski definition) is 4. The molecule has 6 heteroatoms. The number of benzene rings is 2. The van der Waals surface area contributed by atoms with Gasteiger partial charge in [0, 0.05) is 12.6 Å². The molecule has 1 atom stereocenters. The average molecular weight is 413 g/mol. The van der Waals surface area contributed by atoms with Crippen LogP contribution >= 0.6 is 12.4 Å². The maximum absolute atomic E-state index is 12.7. The molecule has 0 saturated carbocycles. The van der Waals surface area contributed by atoms with Crippen molar-refractivity contribution in [2.75, 3.05) is 19.6 Å². The van der Waals surface area contributed by atoms with Gasteiger partial charge in [-0.2, -0.15) is 0 Å². The molecule has 5 nitrogen and oxygen atoms in total. The molecule has 1 amide bonds. The van der Waals surface area contributed by atoms with Crippen LogP contribution in [0.4, 0.5) is 0 Å². The van der Waals surface area contributed by atoms with Crippen molar-refractivity contribution in [3.8, 4) is 0 Å². The fraction of sp³-hybridized carbons (Fsp3) is 0.304. The number of piperidine rings is 1. The van der Waals surface area contributed by atoms with Crippen molar-refractivity contribution in [3.05, 3.63) is 82.2 Å². The summed E-state index contributed by atoms with van der Waals surface area (Å²) >= 11 is 0. The number of hydrogen-bond donors (Lipinski definition) is 1. The van der Waals surface area contributed by atoms with Gasteiger partial charge in [0.25, 0.3) is 5.91 Å². The van der Waals surface area contributed by atoms with Crippen molar-refractivity contribution in [1.82, 2.24) is 10.2 Å². The van der Waals surface area contributed by atoms with Gasteiger partial charge < -0.3 is 9.73 Å². The number of carbonyl (C=O) groups excluding carboxylic acids is 1. The molecule has 1 aliphatic rings.